The van der Waals surface area contributed by atoms with Crippen molar-refractivity contribution < 1.29 is 8.42 Å². The summed E-state index contributed by atoms with van der Waals surface area (Å²) in [7, 11) is -1.91. The maximum absolute atomic E-state index is 12.3. The minimum Gasteiger partial charge on any atom is -0.372 e. The van der Waals surface area contributed by atoms with Gasteiger partial charge in [0.2, 0.25) is 10.0 Å². The molecule has 2 aromatic rings. The largest absolute Gasteiger partial charge is 0.372 e. The van der Waals surface area contributed by atoms with Gasteiger partial charge in [0, 0.05) is 19.8 Å². The number of anilines is 1. The summed E-state index contributed by atoms with van der Waals surface area (Å²) < 4.78 is 27.2. The Bertz CT molecular complexity index is 714. The Morgan fingerprint density at radius 2 is 1.90 bits per heavy atom. The van der Waals surface area contributed by atoms with Crippen molar-refractivity contribution in [2.45, 2.75) is 18.2 Å². The van der Waals surface area contributed by atoms with Crippen molar-refractivity contribution in [1.29, 1.82) is 0 Å². The molecule has 2 rings (SSSR count). The predicted octanol–water partition coefficient (Wildman–Crippen LogP) is 1.95. The third-order valence-electron chi connectivity index (χ3n) is 3.24. The fourth-order valence-electron chi connectivity index (χ4n) is 2.08. The summed E-state index contributed by atoms with van der Waals surface area (Å²) in [6, 6.07) is 11.1. The molecule has 1 heterocycles. The number of rotatable bonds is 6. The van der Waals surface area contributed by atoms with Crippen LogP contribution in [0.3, 0.4) is 0 Å². The third kappa shape index (κ3) is 3.80. The van der Waals surface area contributed by atoms with E-state index >= 15 is 0 Å². The predicted molar refractivity (Wildman–Crippen MR) is 83.9 cm³/mol. The van der Waals surface area contributed by atoms with Crippen molar-refractivity contribution in [3.05, 3.63) is 53.7 Å². The van der Waals surface area contributed by atoms with Crippen LogP contribution in [0.2, 0.25) is 0 Å². The van der Waals surface area contributed by atoms with Crippen LogP contribution >= 0.6 is 0 Å². The van der Waals surface area contributed by atoms with Crippen LogP contribution < -0.4 is 10.0 Å². The summed E-state index contributed by atoms with van der Waals surface area (Å²) in [5, 5.41) is 2.79. The Balaban J connectivity index is 2.07. The van der Waals surface area contributed by atoms with E-state index in [1.165, 1.54) is 6.07 Å². The van der Waals surface area contributed by atoms with E-state index in [4.69, 9.17) is 0 Å². The molecule has 5 nitrogen and oxygen atoms in total. The quantitative estimate of drug-likeness (QED) is 0.856. The molecular formula is C15H19N3O2S. The van der Waals surface area contributed by atoms with Gasteiger partial charge in [0.1, 0.15) is 10.7 Å². The highest BCUT2D eigenvalue weighted by atomic mass is 32.2. The molecule has 0 amide bonds. The molecule has 0 aliphatic heterocycles. The van der Waals surface area contributed by atoms with Gasteiger partial charge in [-0.1, -0.05) is 24.3 Å². The first kappa shape index (κ1) is 15.5. The van der Waals surface area contributed by atoms with E-state index in [1.807, 2.05) is 31.2 Å². The number of hydrogen-bond acceptors (Lipinski definition) is 4. The van der Waals surface area contributed by atoms with Gasteiger partial charge in [0.25, 0.3) is 0 Å². The molecule has 0 spiro atoms. The smallest absolute Gasteiger partial charge is 0.244 e. The minimum atomic E-state index is -3.56. The van der Waals surface area contributed by atoms with Crippen LogP contribution in [0.4, 0.5) is 5.82 Å². The Hall–Kier alpha value is -1.92. The molecule has 0 aliphatic rings. The highest BCUT2D eigenvalue weighted by Gasteiger charge is 2.18. The molecule has 1 aromatic heterocycles. The standard InChI is InChI=1S/C15H19N3O2S/c1-12-6-3-4-7-13(12)9-11-18-21(19,20)14-8-5-10-17-15(14)16-2/h3-8,10,18H,9,11H2,1-2H3,(H,16,17). The SMILES string of the molecule is CNc1ncccc1S(=O)(=O)NCCc1ccccc1C. The summed E-state index contributed by atoms with van der Waals surface area (Å²) in [6.07, 6.45) is 2.21. The van der Waals surface area contributed by atoms with Crippen molar-refractivity contribution in [2.75, 3.05) is 18.9 Å². The maximum atomic E-state index is 12.3. The number of nitrogens with one attached hydrogen (secondary N) is 2. The Morgan fingerprint density at radius 3 is 2.62 bits per heavy atom. The average Bonchev–Trinajstić information content (AvgIpc) is 2.49. The normalized spacial score (nSPS) is 11.3. The van der Waals surface area contributed by atoms with Gasteiger partial charge in [-0.15, -0.1) is 0 Å². The molecule has 0 unspecified atom stereocenters. The minimum absolute atomic E-state index is 0.164. The van der Waals surface area contributed by atoms with Gasteiger partial charge in [0.15, 0.2) is 0 Å². The summed E-state index contributed by atoms with van der Waals surface area (Å²) in [5.41, 5.74) is 2.30. The number of aromatic nitrogens is 1. The van der Waals surface area contributed by atoms with E-state index in [1.54, 1.807) is 19.3 Å². The molecule has 0 fully saturated rings. The first-order valence-electron chi connectivity index (χ1n) is 6.71. The molecule has 0 bridgehead atoms. The fraction of sp³-hybridized carbons (Fsp3) is 0.267. The zero-order chi connectivity index (χ0) is 15.3. The van der Waals surface area contributed by atoms with Gasteiger partial charge in [-0.05, 0) is 36.6 Å². The highest BCUT2D eigenvalue weighted by Crippen LogP contribution is 2.17. The summed E-state index contributed by atoms with van der Waals surface area (Å²) in [6.45, 7) is 2.37. The van der Waals surface area contributed by atoms with Gasteiger partial charge in [0.05, 0.1) is 0 Å². The highest BCUT2D eigenvalue weighted by molar-refractivity contribution is 7.89. The van der Waals surface area contributed by atoms with Gasteiger partial charge in [-0.3, -0.25) is 0 Å². The number of aryl methyl sites for hydroxylation is 1. The molecule has 112 valence electrons. The van der Waals surface area contributed by atoms with Gasteiger partial charge >= 0.3 is 0 Å². The lowest BCUT2D eigenvalue weighted by Gasteiger charge is -2.11. The Labute approximate surface area is 125 Å². The number of benzene rings is 1. The van der Waals surface area contributed by atoms with Crippen LogP contribution in [0, 0.1) is 6.92 Å². The van der Waals surface area contributed by atoms with E-state index in [0.717, 1.165) is 11.1 Å². The lowest BCUT2D eigenvalue weighted by Crippen LogP contribution is -2.27. The molecule has 0 radical (unpaired) electrons. The lowest BCUT2D eigenvalue weighted by atomic mass is 10.1. The average molecular weight is 305 g/mol. The summed E-state index contributed by atoms with van der Waals surface area (Å²) >= 11 is 0. The van der Waals surface area contributed by atoms with Crippen molar-refractivity contribution in [3.63, 3.8) is 0 Å². The van der Waals surface area contributed by atoms with Crippen LogP contribution in [-0.4, -0.2) is 27.0 Å². The second-order valence-electron chi connectivity index (χ2n) is 4.67. The van der Waals surface area contributed by atoms with E-state index in [-0.39, 0.29) is 4.90 Å². The van der Waals surface area contributed by atoms with Gasteiger partial charge < -0.3 is 5.32 Å². The van der Waals surface area contributed by atoms with Gasteiger partial charge in [-0.2, -0.15) is 0 Å². The molecule has 6 heteroatoms. The monoisotopic (exact) mass is 305 g/mol. The molecular weight excluding hydrogens is 286 g/mol. The summed E-state index contributed by atoms with van der Waals surface area (Å²) in [4.78, 5) is 4.18. The van der Waals surface area contributed by atoms with Crippen molar-refractivity contribution in [3.8, 4) is 0 Å². The van der Waals surface area contributed by atoms with E-state index in [0.29, 0.717) is 18.8 Å². The molecule has 1 aromatic carbocycles. The third-order valence-corrected chi connectivity index (χ3v) is 4.74. The Morgan fingerprint density at radius 1 is 1.14 bits per heavy atom. The van der Waals surface area contributed by atoms with Crippen molar-refractivity contribution >= 4 is 15.8 Å². The van der Waals surface area contributed by atoms with Crippen molar-refractivity contribution in [2.24, 2.45) is 0 Å². The Kier molecular flexibility index (Phi) is 4.93. The van der Waals surface area contributed by atoms with E-state index < -0.39 is 10.0 Å². The van der Waals surface area contributed by atoms with E-state index in [9.17, 15) is 8.42 Å². The first-order valence-corrected chi connectivity index (χ1v) is 8.20. The second-order valence-corrected chi connectivity index (χ2v) is 6.41. The molecule has 21 heavy (non-hydrogen) atoms. The van der Waals surface area contributed by atoms with Crippen LogP contribution in [0.5, 0.6) is 0 Å². The second kappa shape index (κ2) is 6.69. The van der Waals surface area contributed by atoms with Gasteiger partial charge in [-0.25, -0.2) is 18.1 Å². The van der Waals surface area contributed by atoms with Crippen molar-refractivity contribution in [1.82, 2.24) is 9.71 Å². The van der Waals surface area contributed by atoms with Crippen LogP contribution in [0.1, 0.15) is 11.1 Å². The fourth-order valence-corrected chi connectivity index (χ4v) is 3.28. The molecule has 0 saturated heterocycles. The number of nitrogens with zero attached hydrogens (tertiary/aromatic N) is 1. The molecule has 0 saturated carbocycles. The first-order chi connectivity index (χ1) is 10.0. The number of hydrogen-bond donors (Lipinski definition) is 2. The van der Waals surface area contributed by atoms with E-state index in [2.05, 4.69) is 15.0 Å². The molecule has 2 N–H and O–H groups in total. The van der Waals surface area contributed by atoms with Crippen LogP contribution in [0.25, 0.3) is 0 Å². The number of pyridine rings is 1. The number of sulfonamides is 1. The van der Waals surface area contributed by atoms with Crippen LogP contribution in [-0.2, 0) is 16.4 Å². The lowest BCUT2D eigenvalue weighted by molar-refractivity contribution is 0.581. The molecule has 0 atom stereocenters. The summed E-state index contributed by atoms with van der Waals surface area (Å²) in [5.74, 6) is 0.348. The molecule has 0 aliphatic carbocycles. The zero-order valence-corrected chi connectivity index (χ0v) is 12.9. The van der Waals surface area contributed by atoms with Crippen LogP contribution in [0.15, 0.2) is 47.5 Å². The zero-order valence-electron chi connectivity index (χ0n) is 12.1. The topological polar surface area (TPSA) is 71.1 Å². The maximum Gasteiger partial charge on any atom is 0.244 e.